The van der Waals surface area contributed by atoms with Crippen LogP contribution in [0.1, 0.15) is 19.3 Å². The molecule has 5 heteroatoms. The van der Waals surface area contributed by atoms with E-state index in [0.717, 1.165) is 12.8 Å². The standard InChI is InChI=1S/C6H14N2O2.Na.H/c7-4-2-1-3-5(8)6(9)10;;/h5H,1-4,7-8H2,(H,9,10);;/t5-;;/m1../s1. The first-order valence-corrected chi connectivity index (χ1v) is 3.37. The van der Waals surface area contributed by atoms with Crippen molar-refractivity contribution in [2.24, 2.45) is 11.5 Å². The summed E-state index contributed by atoms with van der Waals surface area (Å²) in [5.41, 5.74) is 10.4. The Bertz CT molecular complexity index is 111. The fourth-order valence-corrected chi connectivity index (χ4v) is 0.632. The second-order valence-corrected chi connectivity index (χ2v) is 2.23. The van der Waals surface area contributed by atoms with Crippen molar-refractivity contribution in [3.63, 3.8) is 0 Å². The molecule has 0 aromatic heterocycles. The molecule has 5 N–H and O–H groups in total. The Kier molecular flexibility index (Phi) is 10.8. The van der Waals surface area contributed by atoms with Gasteiger partial charge >= 0.3 is 35.5 Å². The number of carboxylic acids is 1. The summed E-state index contributed by atoms with van der Waals surface area (Å²) in [6.07, 6.45) is 2.16. The molecule has 0 saturated carbocycles. The van der Waals surface area contributed by atoms with Crippen molar-refractivity contribution in [3.05, 3.63) is 0 Å². The second kappa shape index (κ2) is 8.49. The molecule has 0 unspecified atom stereocenters. The number of carboxylic acid groups (broad SMARTS) is 1. The van der Waals surface area contributed by atoms with Crippen LogP contribution in [0.4, 0.5) is 0 Å². The fraction of sp³-hybridized carbons (Fsp3) is 0.833. The molecule has 1 atom stereocenters. The molecule has 0 aliphatic rings. The first kappa shape index (κ1) is 13.9. The Morgan fingerprint density at radius 1 is 1.45 bits per heavy atom. The van der Waals surface area contributed by atoms with Crippen LogP contribution in [0.15, 0.2) is 0 Å². The Morgan fingerprint density at radius 3 is 2.36 bits per heavy atom. The topological polar surface area (TPSA) is 89.3 Å². The molecule has 0 aromatic carbocycles. The number of nitrogens with two attached hydrogens (primary N) is 2. The van der Waals surface area contributed by atoms with Gasteiger partial charge in [0.2, 0.25) is 0 Å². The van der Waals surface area contributed by atoms with E-state index in [2.05, 4.69) is 0 Å². The Labute approximate surface area is 88.6 Å². The first-order valence-electron chi connectivity index (χ1n) is 3.37. The molecule has 0 aliphatic carbocycles. The molecular weight excluding hydrogens is 155 g/mol. The zero-order chi connectivity index (χ0) is 7.98. The normalized spacial score (nSPS) is 11.8. The first-order chi connectivity index (χ1) is 4.68. The van der Waals surface area contributed by atoms with Crippen molar-refractivity contribution in [1.29, 1.82) is 0 Å². The third-order valence-corrected chi connectivity index (χ3v) is 1.29. The predicted octanol–water partition coefficient (Wildman–Crippen LogP) is -1.12. The summed E-state index contributed by atoms with van der Waals surface area (Å²) in [7, 11) is 0. The summed E-state index contributed by atoms with van der Waals surface area (Å²) < 4.78 is 0. The quantitative estimate of drug-likeness (QED) is 0.360. The third-order valence-electron chi connectivity index (χ3n) is 1.29. The van der Waals surface area contributed by atoms with E-state index in [1.807, 2.05) is 0 Å². The number of carbonyl (C=O) groups is 1. The molecule has 4 nitrogen and oxygen atoms in total. The van der Waals surface area contributed by atoms with Gasteiger partial charge in [0, 0.05) is 0 Å². The van der Waals surface area contributed by atoms with E-state index in [0.29, 0.717) is 13.0 Å². The molecule has 0 rings (SSSR count). The molecule has 0 fully saturated rings. The van der Waals surface area contributed by atoms with Gasteiger partial charge in [-0.25, -0.2) is 0 Å². The Balaban J connectivity index is 0. The van der Waals surface area contributed by atoms with Crippen molar-refractivity contribution < 1.29 is 9.90 Å². The van der Waals surface area contributed by atoms with Crippen LogP contribution >= 0.6 is 0 Å². The molecule has 0 aliphatic heterocycles. The van der Waals surface area contributed by atoms with Crippen molar-refractivity contribution >= 4 is 35.5 Å². The molecular formula is C6H15N2NaO2. The van der Waals surface area contributed by atoms with Crippen LogP contribution < -0.4 is 11.5 Å². The summed E-state index contributed by atoms with van der Waals surface area (Å²) in [6, 6.07) is -0.716. The van der Waals surface area contributed by atoms with Crippen LogP contribution in [-0.2, 0) is 4.79 Å². The van der Waals surface area contributed by atoms with E-state index < -0.39 is 12.0 Å². The second-order valence-electron chi connectivity index (χ2n) is 2.23. The minimum atomic E-state index is -0.933. The minimum absolute atomic E-state index is 0. The van der Waals surface area contributed by atoms with Gasteiger partial charge in [-0.1, -0.05) is 6.42 Å². The number of hydrogen-bond donors (Lipinski definition) is 3. The summed E-state index contributed by atoms with van der Waals surface area (Å²) >= 11 is 0. The number of rotatable bonds is 5. The molecule has 11 heavy (non-hydrogen) atoms. The summed E-state index contributed by atoms with van der Waals surface area (Å²) in [5, 5.41) is 8.33. The van der Waals surface area contributed by atoms with E-state index in [4.69, 9.17) is 16.6 Å². The van der Waals surface area contributed by atoms with E-state index in [9.17, 15) is 4.79 Å². The predicted molar refractivity (Wildman–Crippen MR) is 45.7 cm³/mol. The van der Waals surface area contributed by atoms with Crippen LogP contribution in [0, 0.1) is 0 Å². The number of hydrogen-bond acceptors (Lipinski definition) is 3. The average molecular weight is 170 g/mol. The molecule has 0 spiro atoms. The van der Waals surface area contributed by atoms with Gasteiger partial charge in [-0.3, -0.25) is 4.79 Å². The van der Waals surface area contributed by atoms with Crippen molar-refractivity contribution in [3.8, 4) is 0 Å². The Morgan fingerprint density at radius 2 is 2.00 bits per heavy atom. The van der Waals surface area contributed by atoms with Gasteiger partial charge in [0.1, 0.15) is 6.04 Å². The van der Waals surface area contributed by atoms with Crippen LogP contribution in [0.25, 0.3) is 0 Å². The molecule has 0 radical (unpaired) electrons. The van der Waals surface area contributed by atoms with Crippen LogP contribution in [-0.4, -0.2) is 53.2 Å². The van der Waals surface area contributed by atoms with Crippen LogP contribution in [0.5, 0.6) is 0 Å². The van der Waals surface area contributed by atoms with Crippen molar-refractivity contribution in [2.45, 2.75) is 25.3 Å². The third kappa shape index (κ3) is 8.29. The van der Waals surface area contributed by atoms with Crippen LogP contribution in [0.3, 0.4) is 0 Å². The van der Waals surface area contributed by atoms with Crippen LogP contribution in [0.2, 0.25) is 0 Å². The molecule has 0 bridgehead atoms. The molecule has 0 aromatic rings. The zero-order valence-corrected chi connectivity index (χ0v) is 5.92. The van der Waals surface area contributed by atoms with E-state index in [1.165, 1.54) is 0 Å². The molecule has 0 saturated heterocycles. The average Bonchev–Trinajstić information content (AvgIpc) is 1.88. The van der Waals surface area contributed by atoms with Gasteiger partial charge < -0.3 is 16.6 Å². The van der Waals surface area contributed by atoms with Gasteiger partial charge in [0.05, 0.1) is 0 Å². The zero-order valence-electron chi connectivity index (χ0n) is 5.92. The van der Waals surface area contributed by atoms with Gasteiger partial charge in [0.15, 0.2) is 0 Å². The van der Waals surface area contributed by atoms with Crippen molar-refractivity contribution in [2.75, 3.05) is 6.54 Å². The van der Waals surface area contributed by atoms with E-state index in [-0.39, 0.29) is 29.6 Å². The van der Waals surface area contributed by atoms with E-state index in [1.54, 1.807) is 0 Å². The Hall–Kier alpha value is 0.390. The summed E-state index contributed by atoms with van der Waals surface area (Å²) in [4.78, 5) is 10.1. The van der Waals surface area contributed by atoms with Crippen molar-refractivity contribution in [1.82, 2.24) is 0 Å². The van der Waals surface area contributed by atoms with Gasteiger partial charge in [-0.05, 0) is 19.4 Å². The number of aliphatic carboxylic acids is 1. The fourth-order valence-electron chi connectivity index (χ4n) is 0.632. The van der Waals surface area contributed by atoms with Gasteiger partial charge in [-0.15, -0.1) is 0 Å². The van der Waals surface area contributed by atoms with Gasteiger partial charge in [0.25, 0.3) is 0 Å². The SMILES string of the molecule is NCCCC[C@@H](N)C(=O)O.[NaH]. The summed E-state index contributed by atoms with van der Waals surface area (Å²) in [6.45, 7) is 0.604. The monoisotopic (exact) mass is 170 g/mol. The molecule has 0 heterocycles. The van der Waals surface area contributed by atoms with Gasteiger partial charge in [-0.2, -0.15) is 0 Å². The van der Waals surface area contributed by atoms with E-state index >= 15 is 0 Å². The molecule has 62 valence electrons. The number of unbranched alkanes of at least 4 members (excludes halogenated alkanes) is 1. The molecule has 0 amide bonds. The maximum absolute atomic E-state index is 10.1. The summed E-state index contributed by atoms with van der Waals surface area (Å²) in [5.74, 6) is -0.933. The maximum atomic E-state index is 10.1.